The number of aryl methyl sites for hydroxylation is 1. The number of amides is 1. The summed E-state index contributed by atoms with van der Waals surface area (Å²) in [7, 11) is 1.62. The molecule has 5 heteroatoms. The Balaban J connectivity index is 1.56. The van der Waals surface area contributed by atoms with Crippen molar-refractivity contribution in [3.63, 3.8) is 0 Å². The van der Waals surface area contributed by atoms with Gasteiger partial charge in [0.05, 0.1) is 7.11 Å². The van der Waals surface area contributed by atoms with Gasteiger partial charge in [-0.1, -0.05) is 25.1 Å². The molecular weight excluding hydrogens is 338 g/mol. The van der Waals surface area contributed by atoms with Crippen LogP contribution in [0.4, 0.5) is 5.69 Å². The average Bonchev–Trinajstić information content (AvgIpc) is 2.70. The fraction of sp³-hybridized carbons (Fsp3) is 0.409. The van der Waals surface area contributed by atoms with Crippen LogP contribution in [0.15, 0.2) is 42.5 Å². The molecule has 1 N–H and O–H groups in total. The number of carbonyl (C=O) groups excluding carboxylic acids is 1. The molecule has 1 aliphatic rings. The van der Waals surface area contributed by atoms with Crippen molar-refractivity contribution in [3.8, 4) is 5.75 Å². The van der Waals surface area contributed by atoms with E-state index >= 15 is 0 Å². The highest BCUT2D eigenvalue weighted by Crippen LogP contribution is 2.20. The predicted molar refractivity (Wildman–Crippen MR) is 110 cm³/mol. The lowest BCUT2D eigenvalue weighted by atomic mass is 10.1. The molecule has 0 bridgehead atoms. The quantitative estimate of drug-likeness (QED) is 0.850. The first-order valence-corrected chi connectivity index (χ1v) is 9.58. The number of hydrogen-bond donors (Lipinski definition) is 1. The fourth-order valence-electron chi connectivity index (χ4n) is 3.38. The fourth-order valence-corrected chi connectivity index (χ4v) is 3.38. The highest BCUT2D eigenvalue weighted by Gasteiger charge is 2.15. The lowest BCUT2D eigenvalue weighted by Crippen LogP contribution is -2.45. The van der Waals surface area contributed by atoms with Gasteiger partial charge in [0.1, 0.15) is 5.75 Å². The number of nitrogens with one attached hydrogen (secondary N) is 1. The van der Waals surface area contributed by atoms with Crippen LogP contribution in [0.25, 0.3) is 0 Å². The Kier molecular flexibility index (Phi) is 6.48. The largest absolute Gasteiger partial charge is 0.496 e. The van der Waals surface area contributed by atoms with Crippen LogP contribution < -0.4 is 10.1 Å². The zero-order chi connectivity index (χ0) is 19.2. The number of carbonyl (C=O) groups is 1. The summed E-state index contributed by atoms with van der Waals surface area (Å²) in [6.45, 7) is 10.8. The molecule has 0 saturated carbocycles. The number of piperazine rings is 1. The van der Waals surface area contributed by atoms with Crippen molar-refractivity contribution in [1.82, 2.24) is 9.80 Å². The number of benzene rings is 2. The van der Waals surface area contributed by atoms with Gasteiger partial charge in [0.25, 0.3) is 5.91 Å². The van der Waals surface area contributed by atoms with Crippen LogP contribution in [0, 0.1) is 6.92 Å². The summed E-state index contributed by atoms with van der Waals surface area (Å²) in [5.74, 6) is 0.595. The molecule has 144 valence electrons. The number of nitrogens with zero attached hydrogens (tertiary/aromatic N) is 2. The Labute approximate surface area is 161 Å². The third-order valence-electron chi connectivity index (χ3n) is 5.20. The normalized spacial score (nSPS) is 15.5. The molecule has 0 unspecified atom stereocenters. The van der Waals surface area contributed by atoms with E-state index in [-0.39, 0.29) is 5.91 Å². The average molecular weight is 367 g/mol. The second kappa shape index (κ2) is 9.02. The summed E-state index contributed by atoms with van der Waals surface area (Å²) in [5.41, 5.74) is 3.68. The monoisotopic (exact) mass is 367 g/mol. The third-order valence-corrected chi connectivity index (χ3v) is 5.20. The molecule has 0 radical (unpaired) electrons. The van der Waals surface area contributed by atoms with E-state index in [0.29, 0.717) is 5.56 Å². The Bertz CT molecular complexity index is 766. The zero-order valence-corrected chi connectivity index (χ0v) is 16.5. The molecule has 5 nitrogen and oxygen atoms in total. The van der Waals surface area contributed by atoms with Crippen LogP contribution in [0.5, 0.6) is 5.75 Å². The van der Waals surface area contributed by atoms with Crippen molar-refractivity contribution < 1.29 is 9.53 Å². The minimum atomic E-state index is -0.128. The SMILES string of the molecule is CCN1CCN(Cc2ccc(NC(=O)c3ccc(C)c(OC)c3)cc2)CC1. The number of rotatable bonds is 6. The molecule has 0 spiro atoms. The molecular formula is C22H29N3O2. The zero-order valence-electron chi connectivity index (χ0n) is 16.5. The molecule has 1 saturated heterocycles. The van der Waals surface area contributed by atoms with Crippen molar-refractivity contribution in [1.29, 1.82) is 0 Å². The van der Waals surface area contributed by atoms with Gasteiger partial charge in [0.2, 0.25) is 0 Å². The van der Waals surface area contributed by atoms with Crippen molar-refractivity contribution in [2.24, 2.45) is 0 Å². The Morgan fingerprint density at radius 1 is 1.04 bits per heavy atom. The number of methoxy groups -OCH3 is 1. The first-order chi connectivity index (χ1) is 13.1. The van der Waals surface area contributed by atoms with Gasteiger partial charge >= 0.3 is 0 Å². The maximum Gasteiger partial charge on any atom is 0.255 e. The van der Waals surface area contributed by atoms with E-state index in [9.17, 15) is 4.79 Å². The summed E-state index contributed by atoms with van der Waals surface area (Å²) in [6.07, 6.45) is 0. The third kappa shape index (κ3) is 5.08. The van der Waals surface area contributed by atoms with E-state index in [2.05, 4.69) is 34.2 Å². The molecule has 1 fully saturated rings. The van der Waals surface area contributed by atoms with Gasteiger partial charge in [0.15, 0.2) is 0 Å². The van der Waals surface area contributed by atoms with E-state index in [1.54, 1.807) is 13.2 Å². The van der Waals surface area contributed by atoms with Crippen LogP contribution in [0.2, 0.25) is 0 Å². The minimum Gasteiger partial charge on any atom is -0.496 e. The van der Waals surface area contributed by atoms with Crippen LogP contribution in [0.3, 0.4) is 0 Å². The number of likely N-dealkylation sites (N-methyl/N-ethyl adjacent to an activating group) is 1. The Morgan fingerprint density at radius 3 is 2.33 bits per heavy atom. The van der Waals surface area contributed by atoms with Crippen LogP contribution in [-0.4, -0.2) is 55.5 Å². The summed E-state index contributed by atoms with van der Waals surface area (Å²) in [6, 6.07) is 13.6. The van der Waals surface area contributed by atoms with Crippen molar-refractivity contribution in [2.75, 3.05) is 45.2 Å². The second-order valence-corrected chi connectivity index (χ2v) is 7.05. The van der Waals surface area contributed by atoms with Crippen molar-refractivity contribution >= 4 is 11.6 Å². The summed E-state index contributed by atoms with van der Waals surface area (Å²) in [5, 5.41) is 2.96. The predicted octanol–water partition coefficient (Wildman–Crippen LogP) is 3.39. The molecule has 0 aliphatic carbocycles. The maximum atomic E-state index is 12.5. The number of ether oxygens (including phenoxy) is 1. The van der Waals surface area contributed by atoms with Gasteiger partial charge in [-0.05, 0) is 48.9 Å². The van der Waals surface area contributed by atoms with Gasteiger partial charge < -0.3 is 15.0 Å². The van der Waals surface area contributed by atoms with E-state index < -0.39 is 0 Å². The van der Waals surface area contributed by atoms with E-state index in [1.807, 2.05) is 31.2 Å². The summed E-state index contributed by atoms with van der Waals surface area (Å²) < 4.78 is 5.30. The highest BCUT2D eigenvalue weighted by molar-refractivity contribution is 6.04. The van der Waals surface area contributed by atoms with Crippen molar-refractivity contribution in [3.05, 3.63) is 59.2 Å². The lowest BCUT2D eigenvalue weighted by molar-refractivity contribution is 0.102. The molecule has 0 aromatic heterocycles. The first kappa shape index (κ1) is 19.4. The molecule has 2 aromatic rings. The second-order valence-electron chi connectivity index (χ2n) is 7.05. The molecule has 0 atom stereocenters. The lowest BCUT2D eigenvalue weighted by Gasteiger charge is -2.34. The Hall–Kier alpha value is -2.37. The molecule has 1 amide bonds. The van der Waals surface area contributed by atoms with Gasteiger partial charge in [-0.3, -0.25) is 9.69 Å². The number of hydrogen-bond acceptors (Lipinski definition) is 4. The van der Waals surface area contributed by atoms with E-state index in [1.165, 1.54) is 5.56 Å². The molecule has 1 aliphatic heterocycles. The summed E-state index contributed by atoms with van der Waals surface area (Å²) >= 11 is 0. The van der Waals surface area contributed by atoms with Gasteiger partial charge in [-0.25, -0.2) is 0 Å². The maximum absolute atomic E-state index is 12.5. The van der Waals surface area contributed by atoms with Crippen LogP contribution in [-0.2, 0) is 6.54 Å². The minimum absolute atomic E-state index is 0.128. The van der Waals surface area contributed by atoms with E-state index in [0.717, 1.165) is 56.3 Å². The molecule has 1 heterocycles. The van der Waals surface area contributed by atoms with Crippen LogP contribution in [0.1, 0.15) is 28.4 Å². The first-order valence-electron chi connectivity index (χ1n) is 9.58. The van der Waals surface area contributed by atoms with Gasteiger partial charge in [-0.15, -0.1) is 0 Å². The topological polar surface area (TPSA) is 44.8 Å². The summed E-state index contributed by atoms with van der Waals surface area (Å²) in [4.78, 5) is 17.4. The molecule has 2 aromatic carbocycles. The van der Waals surface area contributed by atoms with Gasteiger partial charge in [0, 0.05) is 44.0 Å². The standard InChI is InChI=1S/C22H29N3O2/c1-4-24-11-13-25(14-12-24)16-18-6-9-20(10-7-18)23-22(26)19-8-5-17(2)21(15-19)27-3/h5-10,15H,4,11-14,16H2,1-3H3,(H,23,26). The highest BCUT2D eigenvalue weighted by atomic mass is 16.5. The Morgan fingerprint density at radius 2 is 1.70 bits per heavy atom. The smallest absolute Gasteiger partial charge is 0.255 e. The van der Waals surface area contributed by atoms with Gasteiger partial charge in [-0.2, -0.15) is 0 Å². The molecule has 3 rings (SSSR count). The molecule has 27 heavy (non-hydrogen) atoms. The van der Waals surface area contributed by atoms with Crippen molar-refractivity contribution in [2.45, 2.75) is 20.4 Å². The van der Waals surface area contributed by atoms with E-state index in [4.69, 9.17) is 4.74 Å². The number of anilines is 1. The van der Waals surface area contributed by atoms with Crippen LogP contribution >= 0.6 is 0 Å².